The minimum atomic E-state index is -4.27. The molecule has 1 N–H and O–H groups in total. The Kier molecular flexibility index (Phi) is 3.78. The molecule has 1 nitrogen and oxygen atoms in total. The van der Waals surface area contributed by atoms with Gasteiger partial charge in [-0.3, -0.25) is 0 Å². The van der Waals surface area contributed by atoms with Crippen molar-refractivity contribution in [3.8, 4) is 0 Å². The molecule has 1 atom stereocenters. The number of rotatable bonds is 1. The van der Waals surface area contributed by atoms with Crippen LogP contribution in [0.4, 0.5) is 13.2 Å². The van der Waals surface area contributed by atoms with Crippen LogP contribution in [0, 0.1) is 0 Å². The molecule has 1 saturated heterocycles. The normalized spacial score (nSPS) is 21.5. The Bertz CT molecular complexity index is 397. The molecule has 0 bridgehead atoms. The maximum absolute atomic E-state index is 12.5. The number of benzene rings is 1. The predicted molar refractivity (Wildman–Crippen MR) is 64.0 cm³/mol. The predicted octanol–water partition coefficient (Wildman–Crippen LogP) is 3.93. The van der Waals surface area contributed by atoms with Gasteiger partial charge in [-0.05, 0) is 43.0 Å². The first-order chi connectivity index (χ1) is 7.98. The molecule has 0 aromatic heterocycles. The highest BCUT2D eigenvalue weighted by molar-refractivity contribution is 9.10. The lowest BCUT2D eigenvalue weighted by Gasteiger charge is -2.24. The van der Waals surface area contributed by atoms with E-state index >= 15 is 0 Å². The molecule has 1 aromatic carbocycles. The average molecular weight is 308 g/mol. The number of hydrogen-bond donors (Lipinski definition) is 1. The molecule has 1 heterocycles. The van der Waals surface area contributed by atoms with E-state index < -0.39 is 11.7 Å². The van der Waals surface area contributed by atoms with Crippen molar-refractivity contribution in [1.29, 1.82) is 0 Å². The fraction of sp³-hybridized carbons (Fsp3) is 0.500. The Hall–Kier alpha value is -0.550. The molecule has 17 heavy (non-hydrogen) atoms. The van der Waals surface area contributed by atoms with Crippen LogP contribution in [-0.2, 0) is 6.18 Å². The number of alkyl halides is 3. The van der Waals surface area contributed by atoms with Crippen molar-refractivity contribution in [3.05, 3.63) is 33.8 Å². The molecule has 1 aliphatic rings. The molecule has 1 aliphatic heterocycles. The third kappa shape index (κ3) is 3.01. The monoisotopic (exact) mass is 307 g/mol. The van der Waals surface area contributed by atoms with Gasteiger partial charge in [0.2, 0.25) is 0 Å². The minimum absolute atomic E-state index is 0.306. The smallest absolute Gasteiger partial charge is 0.316 e. The van der Waals surface area contributed by atoms with Crippen LogP contribution in [0.3, 0.4) is 0 Å². The van der Waals surface area contributed by atoms with E-state index in [1.807, 2.05) is 0 Å². The van der Waals surface area contributed by atoms with Gasteiger partial charge in [-0.25, -0.2) is 0 Å². The van der Waals surface area contributed by atoms with Crippen molar-refractivity contribution < 1.29 is 13.2 Å². The number of hydrogen-bond acceptors (Lipinski definition) is 1. The van der Waals surface area contributed by atoms with Crippen molar-refractivity contribution in [2.24, 2.45) is 0 Å². The topological polar surface area (TPSA) is 12.0 Å². The fourth-order valence-corrected chi connectivity index (χ4v) is 2.85. The summed E-state index contributed by atoms with van der Waals surface area (Å²) in [6.45, 7) is 1.83. The molecule has 1 unspecified atom stereocenters. The van der Waals surface area contributed by atoms with Crippen LogP contribution in [0.25, 0.3) is 0 Å². The zero-order chi connectivity index (χ0) is 12.5. The van der Waals surface area contributed by atoms with Crippen LogP contribution in [0.2, 0.25) is 0 Å². The van der Waals surface area contributed by atoms with Gasteiger partial charge in [0.1, 0.15) is 0 Å². The lowest BCUT2D eigenvalue weighted by molar-refractivity contribution is -0.137. The van der Waals surface area contributed by atoms with Gasteiger partial charge >= 0.3 is 6.18 Å². The first kappa shape index (κ1) is 12.9. The Morgan fingerprint density at radius 2 is 2.06 bits per heavy atom. The molecular formula is C12H13BrF3N. The Balaban J connectivity index is 2.25. The highest BCUT2D eigenvalue weighted by Crippen LogP contribution is 2.35. The Labute approximate surface area is 107 Å². The van der Waals surface area contributed by atoms with Crippen molar-refractivity contribution >= 4 is 15.9 Å². The van der Waals surface area contributed by atoms with Crippen LogP contribution in [0.5, 0.6) is 0 Å². The molecule has 0 aliphatic carbocycles. The molecule has 0 amide bonds. The highest BCUT2D eigenvalue weighted by Gasteiger charge is 2.31. The largest absolute Gasteiger partial charge is 0.416 e. The van der Waals surface area contributed by atoms with Crippen LogP contribution in [0.15, 0.2) is 22.7 Å². The van der Waals surface area contributed by atoms with Crippen molar-refractivity contribution in [3.63, 3.8) is 0 Å². The summed E-state index contributed by atoms with van der Waals surface area (Å²) in [6.07, 6.45) is -2.18. The summed E-state index contributed by atoms with van der Waals surface area (Å²) in [7, 11) is 0. The van der Waals surface area contributed by atoms with E-state index in [9.17, 15) is 13.2 Å². The molecule has 0 radical (unpaired) electrons. The second-order valence-electron chi connectivity index (χ2n) is 4.28. The minimum Gasteiger partial charge on any atom is -0.316 e. The first-order valence-electron chi connectivity index (χ1n) is 5.56. The molecular weight excluding hydrogens is 295 g/mol. The lowest BCUT2D eigenvalue weighted by atomic mass is 9.91. The van der Waals surface area contributed by atoms with Crippen LogP contribution in [0.1, 0.15) is 29.9 Å². The van der Waals surface area contributed by atoms with E-state index in [1.54, 1.807) is 6.07 Å². The quantitative estimate of drug-likeness (QED) is 0.829. The summed E-state index contributed by atoms with van der Waals surface area (Å²) in [4.78, 5) is 0. The van der Waals surface area contributed by atoms with Crippen molar-refractivity contribution in [2.75, 3.05) is 13.1 Å². The van der Waals surface area contributed by atoms with Crippen LogP contribution in [-0.4, -0.2) is 13.1 Å². The van der Waals surface area contributed by atoms with Gasteiger partial charge in [0.15, 0.2) is 0 Å². The van der Waals surface area contributed by atoms with Gasteiger partial charge in [0.05, 0.1) is 5.56 Å². The van der Waals surface area contributed by atoms with Gasteiger partial charge in [0.25, 0.3) is 0 Å². The maximum atomic E-state index is 12.5. The van der Waals surface area contributed by atoms with E-state index in [2.05, 4.69) is 21.2 Å². The summed E-state index contributed by atoms with van der Waals surface area (Å²) in [6, 6.07) is 3.92. The zero-order valence-corrected chi connectivity index (χ0v) is 10.7. The average Bonchev–Trinajstić information content (AvgIpc) is 2.29. The second-order valence-corrected chi connectivity index (χ2v) is 5.13. The van der Waals surface area contributed by atoms with E-state index in [4.69, 9.17) is 0 Å². The number of piperidine rings is 1. The molecule has 1 fully saturated rings. The zero-order valence-electron chi connectivity index (χ0n) is 9.15. The summed E-state index contributed by atoms with van der Waals surface area (Å²) >= 11 is 3.25. The first-order valence-corrected chi connectivity index (χ1v) is 6.35. The van der Waals surface area contributed by atoms with Crippen LogP contribution < -0.4 is 5.32 Å². The van der Waals surface area contributed by atoms with E-state index in [0.717, 1.165) is 37.6 Å². The molecule has 0 saturated carbocycles. The lowest BCUT2D eigenvalue weighted by Crippen LogP contribution is -2.28. The molecule has 5 heteroatoms. The number of nitrogens with one attached hydrogen (secondary N) is 1. The fourth-order valence-electron chi connectivity index (χ4n) is 2.15. The Morgan fingerprint density at radius 3 is 2.59 bits per heavy atom. The highest BCUT2D eigenvalue weighted by atomic mass is 79.9. The van der Waals surface area contributed by atoms with Gasteiger partial charge in [-0.1, -0.05) is 22.0 Å². The van der Waals surface area contributed by atoms with Gasteiger partial charge in [0, 0.05) is 11.0 Å². The summed E-state index contributed by atoms with van der Waals surface area (Å²) in [5.41, 5.74) is 0.363. The molecule has 0 spiro atoms. The molecule has 2 rings (SSSR count). The third-order valence-corrected chi connectivity index (χ3v) is 3.75. The van der Waals surface area contributed by atoms with E-state index in [1.165, 1.54) is 6.07 Å². The van der Waals surface area contributed by atoms with Gasteiger partial charge in [-0.2, -0.15) is 13.2 Å². The second kappa shape index (κ2) is 4.98. The summed E-state index contributed by atoms with van der Waals surface area (Å²) in [5, 5.41) is 3.26. The third-order valence-electron chi connectivity index (χ3n) is 3.06. The van der Waals surface area contributed by atoms with E-state index in [-0.39, 0.29) is 0 Å². The standard InChI is InChI=1S/C12H13BrF3N/c13-11-6-9(12(14,15)16)3-4-10(11)8-2-1-5-17-7-8/h3-4,6,8,17H,1-2,5,7H2. The summed E-state index contributed by atoms with van der Waals surface area (Å²) in [5.74, 6) is 0.306. The van der Waals surface area contributed by atoms with Crippen LogP contribution >= 0.6 is 15.9 Å². The van der Waals surface area contributed by atoms with E-state index in [0.29, 0.717) is 10.4 Å². The SMILES string of the molecule is FC(F)(F)c1ccc(C2CCCNC2)c(Br)c1. The van der Waals surface area contributed by atoms with Gasteiger partial charge < -0.3 is 5.32 Å². The van der Waals surface area contributed by atoms with Gasteiger partial charge in [-0.15, -0.1) is 0 Å². The number of halogens is 4. The molecule has 1 aromatic rings. The summed E-state index contributed by atoms with van der Waals surface area (Å²) < 4.78 is 38.1. The van der Waals surface area contributed by atoms with Crippen molar-refractivity contribution in [2.45, 2.75) is 24.9 Å². The Morgan fingerprint density at radius 1 is 1.29 bits per heavy atom. The van der Waals surface area contributed by atoms with Crippen molar-refractivity contribution in [1.82, 2.24) is 5.32 Å². The molecule has 94 valence electrons. The maximum Gasteiger partial charge on any atom is 0.416 e.